The fraction of sp³-hybridized carbons (Fsp3) is 0.111. The monoisotopic (exact) mass is 236 g/mol. The normalized spacial score (nSPS) is 10.1. The standard InChI is InChI=1S/C9H8N4O2S/c1-5-12-7(9(14)15)8(16-5)13-6-4-10-2-3-11-6/h2-4H,1H3,(H,11,13)(H,14,15). The van der Waals surface area contributed by atoms with Gasteiger partial charge in [0.05, 0.1) is 11.2 Å². The summed E-state index contributed by atoms with van der Waals surface area (Å²) in [5, 5.41) is 12.9. The number of nitrogens with one attached hydrogen (secondary N) is 1. The van der Waals surface area contributed by atoms with E-state index in [1.165, 1.54) is 23.7 Å². The lowest BCUT2D eigenvalue weighted by Gasteiger charge is -2.01. The maximum absolute atomic E-state index is 10.9. The van der Waals surface area contributed by atoms with E-state index in [0.717, 1.165) is 0 Å². The van der Waals surface area contributed by atoms with Gasteiger partial charge in [-0.3, -0.25) is 4.98 Å². The van der Waals surface area contributed by atoms with Gasteiger partial charge in [0.2, 0.25) is 0 Å². The third kappa shape index (κ3) is 2.14. The average molecular weight is 236 g/mol. The van der Waals surface area contributed by atoms with E-state index in [4.69, 9.17) is 5.11 Å². The van der Waals surface area contributed by atoms with Crippen molar-refractivity contribution >= 4 is 28.1 Å². The van der Waals surface area contributed by atoms with E-state index in [0.29, 0.717) is 15.8 Å². The molecule has 7 heteroatoms. The number of rotatable bonds is 3. The zero-order chi connectivity index (χ0) is 11.5. The van der Waals surface area contributed by atoms with Crippen LogP contribution in [0.1, 0.15) is 15.5 Å². The van der Waals surface area contributed by atoms with Gasteiger partial charge in [0.25, 0.3) is 0 Å². The molecule has 0 unspecified atom stereocenters. The smallest absolute Gasteiger partial charge is 0.357 e. The largest absolute Gasteiger partial charge is 0.476 e. The first-order valence-electron chi connectivity index (χ1n) is 4.40. The molecular weight excluding hydrogens is 228 g/mol. The zero-order valence-electron chi connectivity index (χ0n) is 8.34. The summed E-state index contributed by atoms with van der Waals surface area (Å²) in [5.74, 6) is -0.565. The van der Waals surface area contributed by atoms with Crippen molar-refractivity contribution in [1.29, 1.82) is 0 Å². The number of aryl methyl sites for hydroxylation is 1. The predicted octanol–water partition coefficient (Wildman–Crippen LogP) is 1.68. The lowest BCUT2D eigenvalue weighted by atomic mass is 10.4. The van der Waals surface area contributed by atoms with E-state index < -0.39 is 5.97 Å². The van der Waals surface area contributed by atoms with Crippen molar-refractivity contribution in [3.8, 4) is 0 Å². The summed E-state index contributed by atoms with van der Waals surface area (Å²) < 4.78 is 0. The fourth-order valence-corrected chi connectivity index (χ4v) is 1.95. The number of anilines is 2. The molecule has 0 aliphatic heterocycles. The third-order valence-corrected chi connectivity index (χ3v) is 2.63. The Morgan fingerprint density at radius 3 is 2.94 bits per heavy atom. The SMILES string of the molecule is Cc1nc(C(=O)O)c(Nc2cnccn2)s1. The van der Waals surface area contributed by atoms with Gasteiger partial charge in [-0.2, -0.15) is 0 Å². The van der Waals surface area contributed by atoms with Crippen LogP contribution in [0.4, 0.5) is 10.8 Å². The molecule has 0 radical (unpaired) electrons. The summed E-state index contributed by atoms with van der Waals surface area (Å²) in [5.41, 5.74) is 0.00755. The van der Waals surface area contributed by atoms with Crippen molar-refractivity contribution in [3.63, 3.8) is 0 Å². The summed E-state index contributed by atoms with van der Waals surface area (Å²) in [6.45, 7) is 1.75. The molecule has 0 fully saturated rings. The number of hydrogen-bond acceptors (Lipinski definition) is 6. The van der Waals surface area contributed by atoms with Crippen LogP contribution in [0.5, 0.6) is 0 Å². The van der Waals surface area contributed by atoms with Gasteiger partial charge < -0.3 is 10.4 Å². The number of nitrogens with zero attached hydrogens (tertiary/aromatic N) is 3. The number of carboxylic acids is 1. The molecule has 16 heavy (non-hydrogen) atoms. The Morgan fingerprint density at radius 2 is 2.31 bits per heavy atom. The first-order valence-corrected chi connectivity index (χ1v) is 5.22. The fourth-order valence-electron chi connectivity index (χ4n) is 1.14. The van der Waals surface area contributed by atoms with Crippen molar-refractivity contribution in [3.05, 3.63) is 29.3 Å². The number of carboxylic acid groups (broad SMARTS) is 1. The van der Waals surface area contributed by atoms with Crippen LogP contribution < -0.4 is 5.32 Å². The molecule has 2 rings (SSSR count). The number of aromatic carboxylic acids is 1. The summed E-state index contributed by atoms with van der Waals surface area (Å²) in [6, 6.07) is 0. The summed E-state index contributed by atoms with van der Waals surface area (Å²) in [6.07, 6.45) is 4.58. The topological polar surface area (TPSA) is 88.0 Å². The molecule has 2 N–H and O–H groups in total. The van der Waals surface area contributed by atoms with E-state index in [-0.39, 0.29) is 5.69 Å². The first kappa shape index (κ1) is 10.5. The van der Waals surface area contributed by atoms with Crippen LogP contribution in [0.3, 0.4) is 0 Å². The Balaban J connectivity index is 2.31. The summed E-state index contributed by atoms with van der Waals surface area (Å²) in [4.78, 5) is 22.7. The molecule has 6 nitrogen and oxygen atoms in total. The molecule has 0 amide bonds. The van der Waals surface area contributed by atoms with E-state index in [2.05, 4.69) is 20.3 Å². The van der Waals surface area contributed by atoms with Gasteiger partial charge in [-0.05, 0) is 6.92 Å². The number of hydrogen-bond donors (Lipinski definition) is 2. The van der Waals surface area contributed by atoms with Crippen molar-refractivity contribution in [1.82, 2.24) is 15.0 Å². The van der Waals surface area contributed by atoms with Crippen LogP contribution in [-0.2, 0) is 0 Å². The minimum atomic E-state index is -1.06. The molecule has 0 atom stereocenters. The van der Waals surface area contributed by atoms with Crippen LogP contribution in [0.2, 0.25) is 0 Å². The molecule has 0 spiro atoms. The van der Waals surface area contributed by atoms with Crippen molar-refractivity contribution in [2.24, 2.45) is 0 Å². The second-order valence-corrected chi connectivity index (χ2v) is 4.13. The van der Waals surface area contributed by atoms with Crippen LogP contribution >= 0.6 is 11.3 Å². The number of carbonyl (C=O) groups is 1. The van der Waals surface area contributed by atoms with Crippen molar-refractivity contribution in [2.45, 2.75) is 6.92 Å². The molecular formula is C9H8N4O2S. The van der Waals surface area contributed by atoms with Gasteiger partial charge in [0, 0.05) is 12.4 Å². The van der Waals surface area contributed by atoms with Crippen molar-refractivity contribution < 1.29 is 9.90 Å². The molecule has 0 saturated carbocycles. The van der Waals surface area contributed by atoms with Crippen LogP contribution in [0, 0.1) is 6.92 Å². The molecule has 82 valence electrons. The van der Waals surface area contributed by atoms with Gasteiger partial charge >= 0.3 is 5.97 Å². The molecule has 2 aromatic heterocycles. The Hall–Kier alpha value is -2.02. The highest BCUT2D eigenvalue weighted by molar-refractivity contribution is 7.16. The lowest BCUT2D eigenvalue weighted by Crippen LogP contribution is -2.02. The molecule has 2 heterocycles. The van der Waals surface area contributed by atoms with Gasteiger partial charge in [0.1, 0.15) is 10.8 Å². The lowest BCUT2D eigenvalue weighted by molar-refractivity contribution is 0.0692. The van der Waals surface area contributed by atoms with Crippen molar-refractivity contribution in [2.75, 3.05) is 5.32 Å². The average Bonchev–Trinajstić information content (AvgIpc) is 2.61. The maximum Gasteiger partial charge on any atom is 0.357 e. The number of aromatic nitrogens is 3. The van der Waals surface area contributed by atoms with E-state index >= 15 is 0 Å². The third-order valence-electron chi connectivity index (χ3n) is 1.74. The molecule has 2 aromatic rings. The summed E-state index contributed by atoms with van der Waals surface area (Å²) >= 11 is 1.27. The Morgan fingerprint density at radius 1 is 1.50 bits per heavy atom. The molecule has 0 saturated heterocycles. The minimum Gasteiger partial charge on any atom is -0.476 e. The highest BCUT2D eigenvalue weighted by Crippen LogP contribution is 2.26. The molecule has 0 bridgehead atoms. The molecule has 0 aliphatic carbocycles. The minimum absolute atomic E-state index is 0.00755. The Bertz CT molecular complexity index is 511. The van der Waals surface area contributed by atoms with Gasteiger partial charge in [-0.1, -0.05) is 0 Å². The van der Waals surface area contributed by atoms with E-state index in [1.54, 1.807) is 13.1 Å². The van der Waals surface area contributed by atoms with Gasteiger partial charge in [-0.15, -0.1) is 11.3 Å². The zero-order valence-corrected chi connectivity index (χ0v) is 9.15. The van der Waals surface area contributed by atoms with Gasteiger partial charge in [-0.25, -0.2) is 14.8 Å². The second-order valence-electron chi connectivity index (χ2n) is 2.93. The second kappa shape index (κ2) is 4.23. The number of thiazole rings is 1. The van der Waals surface area contributed by atoms with Crippen LogP contribution in [0.25, 0.3) is 0 Å². The van der Waals surface area contributed by atoms with Gasteiger partial charge in [0.15, 0.2) is 5.69 Å². The van der Waals surface area contributed by atoms with Crippen LogP contribution in [-0.4, -0.2) is 26.0 Å². The highest BCUT2D eigenvalue weighted by Gasteiger charge is 2.16. The maximum atomic E-state index is 10.9. The quantitative estimate of drug-likeness (QED) is 0.843. The van der Waals surface area contributed by atoms with E-state index in [1.807, 2.05) is 0 Å². The van der Waals surface area contributed by atoms with E-state index in [9.17, 15) is 4.79 Å². The summed E-state index contributed by atoms with van der Waals surface area (Å²) in [7, 11) is 0. The van der Waals surface area contributed by atoms with Crippen LogP contribution in [0.15, 0.2) is 18.6 Å². The molecule has 0 aliphatic rings. The Kier molecular flexibility index (Phi) is 2.78. The highest BCUT2D eigenvalue weighted by atomic mass is 32.1. The Labute approximate surface area is 95.0 Å². The predicted molar refractivity (Wildman–Crippen MR) is 59.1 cm³/mol. The first-order chi connectivity index (χ1) is 7.66. The molecule has 0 aromatic carbocycles.